The molecule has 16 heteroatoms. The summed E-state index contributed by atoms with van der Waals surface area (Å²) in [7, 11) is 2.56. The average molecular weight is 826 g/mol. The van der Waals surface area contributed by atoms with Crippen molar-refractivity contribution in [1.29, 1.82) is 0 Å². The number of fused-ring (bicyclic) bond motifs is 2. The first-order chi connectivity index (χ1) is 29.0. The molecule has 1 aromatic heterocycles. The highest BCUT2D eigenvalue weighted by atomic mass is 19.1. The van der Waals surface area contributed by atoms with Crippen molar-refractivity contribution in [3.05, 3.63) is 71.1 Å². The van der Waals surface area contributed by atoms with Crippen molar-refractivity contribution in [1.82, 2.24) is 30.4 Å². The zero-order chi connectivity index (χ0) is 42.1. The van der Waals surface area contributed by atoms with Crippen LogP contribution in [-0.2, 0) is 30.2 Å². The minimum atomic E-state index is -0.738. The number of ether oxygens (including phenoxy) is 4. The third-order valence-corrected chi connectivity index (χ3v) is 12.4. The second-order valence-corrected chi connectivity index (χ2v) is 16.5. The Morgan fingerprint density at radius 2 is 1.57 bits per heavy atom. The first kappa shape index (κ1) is 41.0. The van der Waals surface area contributed by atoms with Crippen molar-refractivity contribution in [2.24, 2.45) is 16.8 Å². The van der Waals surface area contributed by atoms with Crippen LogP contribution in [0.2, 0.25) is 0 Å². The van der Waals surface area contributed by atoms with Crippen LogP contribution in [0.4, 0.5) is 14.0 Å². The van der Waals surface area contributed by atoms with E-state index in [4.69, 9.17) is 23.9 Å². The standard InChI is InChI=1S/C44H52FN7O8/c1-24(2)38(49-43(55)57-3)41(53)51-13-5-7-34(51)32-20-29(22-46-32)30-21-37-28(19-31(30)45)18-27-17-26(9-10-36(27)60-37)33-23-47-40(48-33)35-8-6-14-52(35)42(54)39(50-44(56)58-4)25-11-15-59-16-12-25/h9-10,17,19,21-25,34-35,38-39H,5-8,11-16,18,20H2,1-4H3,(H,47,48)(H,49,55)(H,50,56)/t34-,35-,38-,39-/m0/s1. The second-order valence-electron chi connectivity index (χ2n) is 16.5. The van der Waals surface area contributed by atoms with Gasteiger partial charge in [-0.2, -0.15) is 0 Å². The second kappa shape index (κ2) is 17.4. The van der Waals surface area contributed by atoms with Crippen molar-refractivity contribution in [3.8, 4) is 22.8 Å². The molecule has 4 atom stereocenters. The Morgan fingerprint density at radius 3 is 2.30 bits per heavy atom. The molecule has 3 aromatic rings. The molecule has 3 N–H and O–H groups in total. The molecular weight excluding hydrogens is 774 g/mol. The maximum absolute atomic E-state index is 15.9. The highest BCUT2D eigenvalue weighted by Crippen LogP contribution is 2.42. The normalized spacial score (nSPS) is 21.0. The minimum Gasteiger partial charge on any atom is -0.457 e. The first-order valence-corrected chi connectivity index (χ1v) is 20.8. The summed E-state index contributed by atoms with van der Waals surface area (Å²) in [5.74, 6) is 0.995. The van der Waals surface area contributed by atoms with Crippen LogP contribution in [-0.4, -0.2) is 108 Å². The predicted molar refractivity (Wildman–Crippen MR) is 219 cm³/mol. The van der Waals surface area contributed by atoms with E-state index in [1.807, 2.05) is 36.9 Å². The number of allylic oxidation sites excluding steroid dienone is 1. The van der Waals surface area contributed by atoms with Gasteiger partial charge in [0, 0.05) is 67.7 Å². The molecule has 5 aliphatic rings. The number of methoxy groups -OCH3 is 2. The number of carbonyl (C=O) groups is 4. The van der Waals surface area contributed by atoms with E-state index >= 15 is 4.39 Å². The zero-order valence-corrected chi connectivity index (χ0v) is 34.4. The number of amides is 4. The monoisotopic (exact) mass is 825 g/mol. The Bertz CT molecular complexity index is 2210. The van der Waals surface area contributed by atoms with Gasteiger partial charge in [0.2, 0.25) is 11.8 Å². The van der Waals surface area contributed by atoms with Crippen LogP contribution in [0.3, 0.4) is 0 Å². The number of imidazole rings is 1. The molecule has 318 valence electrons. The number of aliphatic imine (C=N–C) groups is 1. The number of carbonyl (C=O) groups excluding carboxylic acids is 4. The Kier molecular flexibility index (Phi) is 11.9. The number of nitrogens with one attached hydrogen (secondary N) is 3. The van der Waals surface area contributed by atoms with Gasteiger partial charge in [0.25, 0.3) is 0 Å². The van der Waals surface area contributed by atoms with Crippen LogP contribution in [0.5, 0.6) is 11.5 Å². The molecule has 0 spiro atoms. The Morgan fingerprint density at radius 1 is 0.867 bits per heavy atom. The number of hydrogen-bond acceptors (Lipinski definition) is 10. The lowest BCUT2D eigenvalue weighted by atomic mass is 9.90. The highest BCUT2D eigenvalue weighted by molar-refractivity contribution is 6.04. The fourth-order valence-corrected chi connectivity index (χ4v) is 9.22. The van der Waals surface area contributed by atoms with Crippen molar-refractivity contribution < 1.29 is 42.5 Å². The van der Waals surface area contributed by atoms with Gasteiger partial charge in [0.15, 0.2) is 0 Å². The lowest BCUT2D eigenvalue weighted by molar-refractivity contribution is -0.137. The molecule has 15 nitrogen and oxygen atoms in total. The molecule has 3 fully saturated rings. The molecule has 60 heavy (non-hydrogen) atoms. The van der Waals surface area contributed by atoms with Crippen LogP contribution in [0.1, 0.15) is 87.3 Å². The third-order valence-electron chi connectivity index (χ3n) is 12.4. The number of halogens is 1. The van der Waals surface area contributed by atoms with Gasteiger partial charge in [-0.25, -0.2) is 19.0 Å². The predicted octanol–water partition coefficient (Wildman–Crippen LogP) is 6.28. The van der Waals surface area contributed by atoms with E-state index in [0.29, 0.717) is 80.4 Å². The van der Waals surface area contributed by atoms with Gasteiger partial charge >= 0.3 is 12.2 Å². The molecule has 3 saturated heterocycles. The van der Waals surface area contributed by atoms with E-state index in [-0.39, 0.29) is 41.6 Å². The fourth-order valence-electron chi connectivity index (χ4n) is 9.22. The van der Waals surface area contributed by atoms with Gasteiger partial charge in [-0.1, -0.05) is 13.8 Å². The summed E-state index contributed by atoms with van der Waals surface area (Å²) in [6.07, 6.45) is 7.40. The number of nitrogens with zero attached hydrogens (tertiary/aromatic N) is 4. The van der Waals surface area contributed by atoms with Gasteiger partial charge < -0.3 is 44.4 Å². The van der Waals surface area contributed by atoms with E-state index in [0.717, 1.165) is 53.8 Å². The molecule has 6 heterocycles. The van der Waals surface area contributed by atoms with Gasteiger partial charge in [-0.3, -0.25) is 14.6 Å². The third kappa shape index (κ3) is 8.21. The van der Waals surface area contributed by atoms with Crippen LogP contribution in [0.15, 0.2) is 47.7 Å². The van der Waals surface area contributed by atoms with E-state index in [1.165, 1.54) is 20.3 Å². The summed E-state index contributed by atoms with van der Waals surface area (Å²) in [4.78, 5) is 68.4. The average Bonchev–Trinajstić information content (AvgIpc) is 4.10. The van der Waals surface area contributed by atoms with Gasteiger partial charge in [0.05, 0.1) is 38.2 Å². The van der Waals surface area contributed by atoms with Gasteiger partial charge in [-0.15, -0.1) is 0 Å². The van der Waals surface area contributed by atoms with Gasteiger partial charge in [-0.05, 0) is 91.8 Å². The lowest BCUT2D eigenvalue weighted by Crippen LogP contribution is -2.53. The number of alkyl carbamates (subject to hydrolysis) is 2. The summed E-state index contributed by atoms with van der Waals surface area (Å²) in [6, 6.07) is 7.15. The van der Waals surface area contributed by atoms with E-state index in [1.54, 1.807) is 23.4 Å². The molecule has 0 aliphatic carbocycles. The molecule has 0 radical (unpaired) electrons. The zero-order valence-electron chi connectivity index (χ0n) is 34.4. The molecule has 0 saturated carbocycles. The Labute approximate surface area is 348 Å². The molecule has 0 bridgehead atoms. The number of rotatable bonds is 10. The summed E-state index contributed by atoms with van der Waals surface area (Å²) in [5.41, 5.74) is 5.17. The van der Waals surface area contributed by atoms with Crippen molar-refractivity contribution >= 4 is 35.3 Å². The molecule has 8 rings (SSSR count). The minimum absolute atomic E-state index is 0.0576. The fraction of sp³-hybridized carbons (Fsp3) is 0.500. The first-order valence-electron chi connectivity index (χ1n) is 20.8. The maximum atomic E-state index is 15.9. The number of benzene rings is 2. The van der Waals surface area contributed by atoms with Crippen molar-refractivity contribution in [2.45, 2.75) is 89.4 Å². The molecule has 0 unspecified atom stereocenters. The quantitative estimate of drug-likeness (QED) is 0.166. The SMILES string of the molecule is COC(=O)N[C@H](C(=O)N1CCC[C@H]1C1=NC=C(c2cc3c(cc2F)Cc2cc(-c4cnc([C@@H]5CCCN5C(=O)[C@@H](NC(=O)OC)C5CCOCC5)[nH]4)ccc2O3)C1)C(C)C. The summed E-state index contributed by atoms with van der Waals surface area (Å²) in [6.45, 7) is 5.92. The number of aromatic nitrogens is 2. The smallest absolute Gasteiger partial charge is 0.407 e. The summed E-state index contributed by atoms with van der Waals surface area (Å²) < 4.78 is 37.5. The Hall–Kier alpha value is -5.77. The summed E-state index contributed by atoms with van der Waals surface area (Å²) >= 11 is 0. The maximum Gasteiger partial charge on any atom is 0.407 e. The van der Waals surface area contributed by atoms with Crippen LogP contribution >= 0.6 is 0 Å². The van der Waals surface area contributed by atoms with Crippen LogP contribution < -0.4 is 15.4 Å². The number of likely N-dealkylation sites (tertiary alicyclic amines) is 2. The molecular formula is C44H52FN7O8. The number of aromatic amines is 1. The van der Waals surface area contributed by atoms with Gasteiger partial charge in [0.1, 0.15) is 35.2 Å². The van der Waals surface area contributed by atoms with Crippen LogP contribution in [0.25, 0.3) is 16.8 Å². The van der Waals surface area contributed by atoms with E-state index in [2.05, 4.69) is 20.6 Å². The van der Waals surface area contributed by atoms with E-state index < -0.39 is 24.3 Å². The highest BCUT2D eigenvalue weighted by Gasteiger charge is 2.41. The number of hydrogen-bond donors (Lipinski definition) is 3. The summed E-state index contributed by atoms with van der Waals surface area (Å²) in [5, 5.41) is 5.47. The number of H-pyrrole nitrogens is 1. The van der Waals surface area contributed by atoms with Crippen molar-refractivity contribution in [2.75, 3.05) is 40.5 Å². The topological polar surface area (TPSA) is 177 Å². The molecule has 4 amide bonds. The molecule has 2 aromatic carbocycles. The van der Waals surface area contributed by atoms with Crippen molar-refractivity contribution in [3.63, 3.8) is 0 Å². The van der Waals surface area contributed by atoms with Crippen LogP contribution in [0, 0.1) is 17.7 Å². The Balaban J connectivity index is 0.935. The lowest BCUT2D eigenvalue weighted by Gasteiger charge is -2.34. The largest absolute Gasteiger partial charge is 0.457 e. The molecule has 5 aliphatic heterocycles. The van der Waals surface area contributed by atoms with E-state index in [9.17, 15) is 19.2 Å².